The molecule has 22 aromatic rings. The molecule has 0 radical (unpaired) electrons. The van der Waals surface area contributed by atoms with Crippen molar-refractivity contribution in [2.24, 2.45) is 0 Å². The predicted octanol–water partition coefficient (Wildman–Crippen LogP) is 23.8. The molecular weight excluding hydrogens is 1350 g/mol. The summed E-state index contributed by atoms with van der Waals surface area (Å²) in [7, 11) is 0. The summed E-state index contributed by atoms with van der Waals surface area (Å²) >= 11 is 0. The summed E-state index contributed by atoms with van der Waals surface area (Å²) in [5.41, 5.74) is 22.5. The van der Waals surface area contributed by atoms with Gasteiger partial charge in [0.25, 0.3) is 11.1 Å². The molecule has 0 spiro atoms. The second-order valence-electron chi connectivity index (χ2n) is 28.0. The minimum absolute atomic E-state index is 0.0931. The van der Waals surface area contributed by atoms with E-state index in [2.05, 4.69) is 279 Å². The zero-order valence-electron chi connectivity index (χ0n) is 59.3. The van der Waals surface area contributed by atoms with E-state index < -0.39 is 0 Å². The first-order chi connectivity index (χ1) is 54.4. The summed E-state index contributed by atoms with van der Waals surface area (Å²) in [6.07, 6.45) is 0. The highest BCUT2D eigenvalue weighted by Gasteiger charge is 2.23. The Labute approximate surface area is 630 Å². The summed E-state index contributed by atoms with van der Waals surface area (Å²) in [6.45, 7) is 0. The van der Waals surface area contributed by atoms with Gasteiger partial charge >= 0.3 is 0 Å². The van der Waals surface area contributed by atoms with Crippen LogP contribution >= 0.6 is 0 Å². The molecule has 0 unspecified atom stereocenters. The fourth-order valence-electron chi connectivity index (χ4n) is 16.7. The lowest BCUT2D eigenvalue weighted by Gasteiger charge is -2.16. The zero-order chi connectivity index (χ0) is 72.9. The second-order valence-corrected chi connectivity index (χ2v) is 28.0. The number of nitrogens with zero attached hydrogens (tertiary/aromatic N) is 8. The Morgan fingerprint density at radius 2 is 0.418 bits per heavy atom. The van der Waals surface area contributed by atoms with Crippen molar-refractivity contribution in [3.63, 3.8) is 0 Å². The van der Waals surface area contributed by atoms with E-state index in [9.17, 15) is 9.59 Å². The maximum atomic E-state index is 14.3. The third-order valence-corrected chi connectivity index (χ3v) is 21.7. The number of para-hydroxylation sites is 9. The molecule has 0 saturated heterocycles. The number of hydrogen-bond donors (Lipinski definition) is 0. The van der Waals surface area contributed by atoms with Crippen LogP contribution in [0, 0.1) is 0 Å². The van der Waals surface area contributed by atoms with E-state index >= 15 is 0 Å². The number of rotatable bonds is 10. The lowest BCUT2D eigenvalue weighted by molar-refractivity contribution is 0.972. The highest BCUT2D eigenvalue weighted by atomic mass is 16.1. The first-order valence-corrected chi connectivity index (χ1v) is 37.0. The molecule has 0 fully saturated rings. The largest absolute Gasteiger partial charge is 0.309 e. The van der Waals surface area contributed by atoms with Crippen molar-refractivity contribution in [1.29, 1.82) is 0 Å². The van der Waals surface area contributed by atoms with Crippen LogP contribution < -0.4 is 11.1 Å². The SMILES string of the molecule is O=c1c2ccccc2nc(-c2cccc(-n3c4ccccc4c4cc(-c5ccc6c(c5)c5ccccc5n6-c5ccccc5)ccc43)c2)n1-c1ccccc1.O=c1c2ccccc2nc(-c2ccccc2)n1-c1cccc(-n2c3ccccc3c3cc(-c4ccc5c(c4)c4ccccc4n5-c4ccccc4)ccc32)c1. The van der Waals surface area contributed by atoms with Crippen LogP contribution in [0.1, 0.15) is 0 Å². The van der Waals surface area contributed by atoms with E-state index in [1.165, 1.54) is 76.3 Å². The van der Waals surface area contributed by atoms with E-state index in [0.717, 1.165) is 78.4 Å². The normalized spacial score (nSPS) is 11.7. The topological polar surface area (TPSA) is 89.5 Å². The Kier molecular flexibility index (Phi) is 15.0. The molecule has 0 N–H and O–H groups in total. The molecule has 6 heterocycles. The van der Waals surface area contributed by atoms with E-state index in [4.69, 9.17) is 9.97 Å². The molecule has 516 valence electrons. The van der Waals surface area contributed by atoms with Crippen LogP contribution in [-0.2, 0) is 0 Å². The van der Waals surface area contributed by atoms with Crippen LogP contribution in [0.4, 0.5) is 0 Å². The minimum atomic E-state index is -0.0997. The van der Waals surface area contributed by atoms with Crippen LogP contribution in [0.15, 0.2) is 398 Å². The third kappa shape index (κ3) is 10.4. The molecule has 0 saturated carbocycles. The quantitative estimate of drug-likeness (QED) is 0.136. The Bertz CT molecular complexity index is 7580. The van der Waals surface area contributed by atoms with Crippen LogP contribution in [0.2, 0.25) is 0 Å². The van der Waals surface area contributed by atoms with Gasteiger partial charge in [-0.15, -0.1) is 0 Å². The van der Waals surface area contributed by atoms with Crippen molar-refractivity contribution in [2.45, 2.75) is 0 Å². The summed E-state index contributed by atoms with van der Waals surface area (Å²) < 4.78 is 12.8. The average Bonchev–Trinajstić information content (AvgIpc) is 1.51. The van der Waals surface area contributed by atoms with Gasteiger partial charge in [0.1, 0.15) is 11.6 Å². The van der Waals surface area contributed by atoms with Crippen LogP contribution in [0.25, 0.3) is 188 Å². The standard InChI is InChI=1S/2C50H32N4O/c55-50-41-22-7-10-23-44(41)51-49(54(50)37-17-5-2-6-18-37)35-14-13-19-38(30-35)53-46-25-12-9-21-40(46)43-32-34(27-29-48(43)53)33-26-28-47-42(31-33)39-20-8-11-24-45(39)52(47)36-15-3-1-4-16-36;55-50-41-22-7-10-23-44(41)51-49(33-14-3-1-4-15-33)54(50)38-19-13-18-37(32-38)53-46-25-12-9-21-40(46)43-31-35(27-29-48(43)53)34-26-28-47-42(30-34)39-20-8-11-24-45(39)52(47)36-16-5-2-6-17-36/h2*1-32H. The maximum absolute atomic E-state index is 14.3. The van der Waals surface area contributed by atoms with Crippen molar-refractivity contribution in [3.8, 4) is 79.2 Å². The summed E-state index contributed by atoms with van der Waals surface area (Å²) in [5, 5.41) is 10.8. The van der Waals surface area contributed by atoms with Crippen molar-refractivity contribution in [1.82, 2.24) is 37.4 Å². The molecule has 22 rings (SSSR count). The molecule has 10 heteroatoms. The lowest BCUT2D eigenvalue weighted by Crippen LogP contribution is -2.22. The van der Waals surface area contributed by atoms with Gasteiger partial charge in [0, 0.05) is 77.0 Å². The van der Waals surface area contributed by atoms with Gasteiger partial charge in [-0.1, -0.05) is 224 Å². The van der Waals surface area contributed by atoms with Crippen molar-refractivity contribution < 1.29 is 0 Å². The minimum Gasteiger partial charge on any atom is -0.309 e. The zero-order valence-corrected chi connectivity index (χ0v) is 59.3. The molecule has 0 aliphatic carbocycles. The second kappa shape index (κ2) is 26.0. The Morgan fingerprint density at radius 3 is 0.809 bits per heavy atom. The third-order valence-electron chi connectivity index (χ3n) is 21.7. The number of aromatic nitrogens is 8. The van der Waals surface area contributed by atoms with Gasteiger partial charge in [-0.05, 0) is 186 Å². The van der Waals surface area contributed by atoms with Crippen LogP contribution in [0.5, 0.6) is 0 Å². The van der Waals surface area contributed by atoms with E-state index in [0.29, 0.717) is 33.5 Å². The molecule has 6 aromatic heterocycles. The van der Waals surface area contributed by atoms with Gasteiger partial charge < -0.3 is 18.3 Å². The monoisotopic (exact) mass is 1410 g/mol. The number of fused-ring (bicyclic) bond motifs is 14. The first-order valence-electron chi connectivity index (χ1n) is 37.0. The molecular formula is C100H64N8O2. The molecule has 0 bridgehead atoms. The summed E-state index contributed by atoms with van der Waals surface area (Å²) in [6, 6.07) is 134. The molecule has 16 aromatic carbocycles. The van der Waals surface area contributed by atoms with Gasteiger partial charge in [-0.2, -0.15) is 0 Å². The summed E-state index contributed by atoms with van der Waals surface area (Å²) in [4.78, 5) is 38.4. The van der Waals surface area contributed by atoms with Crippen molar-refractivity contribution in [3.05, 3.63) is 409 Å². The Morgan fingerprint density at radius 1 is 0.164 bits per heavy atom. The maximum Gasteiger partial charge on any atom is 0.266 e. The van der Waals surface area contributed by atoms with E-state index in [1.54, 1.807) is 9.13 Å². The van der Waals surface area contributed by atoms with Gasteiger partial charge in [0.05, 0.1) is 77.3 Å². The number of hydrogen-bond acceptors (Lipinski definition) is 4. The molecule has 110 heavy (non-hydrogen) atoms. The molecule has 10 nitrogen and oxygen atoms in total. The van der Waals surface area contributed by atoms with E-state index in [1.807, 2.05) is 127 Å². The first kappa shape index (κ1) is 63.5. The highest BCUT2D eigenvalue weighted by Crippen LogP contribution is 2.42. The van der Waals surface area contributed by atoms with E-state index in [-0.39, 0.29) is 11.1 Å². The Balaban J connectivity index is 0.000000140. The van der Waals surface area contributed by atoms with Crippen molar-refractivity contribution in [2.75, 3.05) is 0 Å². The van der Waals surface area contributed by atoms with Gasteiger partial charge in [-0.3, -0.25) is 18.7 Å². The molecule has 0 amide bonds. The molecule has 0 aliphatic heterocycles. The molecule has 0 atom stereocenters. The van der Waals surface area contributed by atoms with Crippen molar-refractivity contribution >= 4 is 109 Å². The number of benzene rings is 16. The highest BCUT2D eigenvalue weighted by molar-refractivity contribution is 6.15. The van der Waals surface area contributed by atoms with Gasteiger partial charge in [0.15, 0.2) is 0 Å². The fraction of sp³-hybridized carbons (Fsp3) is 0. The summed E-state index contributed by atoms with van der Waals surface area (Å²) in [5.74, 6) is 1.21. The van der Waals surface area contributed by atoms with Gasteiger partial charge in [0.2, 0.25) is 0 Å². The Hall–Kier alpha value is -15.0. The van der Waals surface area contributed by atoms with Gasteiger partial charge in [-0.25, -0.2) is 9.97 Å². The van der Waals surface area contributed by atoms with Crippen LogP contribution in [-0.4, -0.2) is 37.4 Å². The average molecular weight is 1410 g/mol. The smallest absolute Gasteiger partial charge is 0.266 e. The predicted molar refractivity (Wildman–Crippen MR) is 454 cm³/mol. The lowest BCUT2D eigenvalue weighted by atomic mass is 10.0. The van der Waals surface area contributed by atoms with Crippen LogP contribution in [0.3, 0.4) is 0 Å². The molecule has 0 aliphatic rings. The fourth-order valence-corrected chi connectivity index (χ4v) is 16.7.